The number of fused-ring (bicyclic) bond motifs is 1. The molecule has 1 unspecified atom stereocenters. The summed E-state index contributed by atoms with van der Waals surface area (Å²) in [6.07, 6.45) is 1.67. The average Bonchev–Trinajstić information content (AvgIpc) is 3.15. The van der Waals surface area contributed by atoms with Crippen molar-refractivity contribution in [1.29, 1.82) is 0 Å². The van der Waals surface area contributed by atoms with Gasteiger partial charge >= 0.3 is 5.97 Å². The van der Waals surface area contributed by atoms with E-state index in [9.17, 15) is 9.59 Å². The van der Waals surface area contributed by atoms with Crippen molar-refractivity contribution >= 4 is 46.6 Å². The van der Waals surface area contributed by atoms with Gasteiger partial charge in [-0.15, -0.1) is 0 Å². The van der Waals surface area contributed by atoms with E-state index in [-0.39, 0.29) is 17.7 Å². The maximum atomic E-state index is 13.7. The first-order chi connectivity index (χ1) is 16.8. The average molecular weight is 533 g/mol. The highest BCUT2D eigenvalue weighted by Crippen LogP contribution is 2.37. The Kier molecular flexibility index (Phi) is 7.35. The number of rotatable bonds is 6. The first-order valence-electron chi connectivity index (χ1n) is 10.7. The van der Waals surface area contributed by atoms with E-state index in [0.717, 1.165) is 0 Å². The third-order valence-electron chi connectivity index (χ3n) is 5.52. The van der Waals surface area contributed by atoms with Crippen LogP contribution in [0.5, 0.6) is 11.5 Å². The van der Waals surface area contributed by atoms with Gasteiger partial charge in [-0.05, 0) is 49.8 Å². The van der Waals surface area contributed by atoms with E-state index < -0.39 is 12.0 Å². The molecule has 2 heterocycles. The Hall–Kier alpha value is -3.07. The summed E-state index contributed by atoms with van der Waals surface area (Å²) in [5.74, 6) is 0.474. The second kappa shape index (κ2) is 10.3. The Bertz CT molecular complexity index is 1520. The van der Waals surface area contributed by atoms with Gasteiger partial charge in [0.15, 0.2) is 4.80 Å². The van der Waals surface area contributed by atoms with E-state index in [2.05, 4.69) is 4.99 Å². The van der Waals surface area contributed by atoms with Crippen LogP contribution in [-0.2, 0) is 9.53 Å². The standard InChI is InChI=1S/C25H22Cl2N2O5S/c1-5-34-24(31)20-13(2)28-25-29(22(20)16-12-15(32-3)9-10-18(16)33-4)23(30)19(35-25)11-14-7-6-8-17(26)21(14)27/h6-12,22H,5H2,1-4H3. The van der Waals surface area contributed by atoms with Gasteiger partial charge in [-0.3, -0.25) is 9.36 Å². The number of ether oxygens (including phenoxy) is 3. The minimum absolute atomic E-state index is 0.176. The summed E-state index contributed by atoms with van der Waals surface area (Å²) in [7, 11) is 3.07. The normalized spacial score (nSPS) is 15.5. The lowest BCUT2D eigenvalue weighted by Gasteiger charge is -2.26. The Labute approximate surface area is 215 Å². The molecule has 1 aliphatic rings. The molecule has 0 spiro atoms. The van der Waals surface area contributed by atoms with Crippen LogP contribution in [0.1, 0.15) is 31.0 Å². The van der Waals surface area contributed by atoms with Crippen LogP contribution >= 0.6 is 34.5 Å². The number of methoxy groups -OCH3 is 2. The molecule has 0 radical (unpaired) electrons. The van der Waals surface area contributed by atoms with Crippen LogP contribution in [0.15, 0.2) is 57.5 Å². The number of esters is 1. The van der Waals surface area contributed by atoms with Gasteiger partial charge in [0, 0.05) is 5.56 Å². The number of hydrogen-bond donors (Lipinski definition) is 0. The molecular weight excluding hydrogens is 511 g/mol. The predicted molar refractivity (Wildman–Crippen MR) is 136 cm³/mol. The molecule has 2 aromatic carbocycles. The number of thiazole rings is 1. The maximum Gasteiger partial charge on any atom is 0.338 e. The molecule has 1 atom stereocenters. The molecule has 0 saturated heterocycles. The van der Waals surface area contributed by atoms with Crippen molar-refractivity contribution in [1.82, 2.24) is 4.57 Å². The Morgan fingerprint density at radius 1 is 1.20 bits per heavy atom. The van der Waals surface area contributed by atoms with Gasteiger partial charge in [0.2, 0.25) is 0 Å². The van der Waals surface area contributed by atoms with E-state index in [1.807, 2.05) is 0 Å². The van der Waals surface area contributed by atoms with Crippen molar-refractivity contribution in [3.63, 3.8) is 0 Å². The van der Waals surface area contributed by atoms with Crippen molar-refractivity contribution in [3.05, 3.63) is 88.5 Å². The van der Waals surface area contributed by atoms with Crippen LogP contribution in [0.2, 0.25) is 10.0 Å². The van der Waals surface area contributed by atoms with Gasteiger partial charge < -0.3 is 14.2 Å². The zero-order valence-electron chi connectivity index (χ0n) is 19.4. The number of benzene rings is 2. The molecule has 3 aromatic rings. The first kappa shape index (κ1) is 25.0. The predicted octanol–water partition coefficient (Wildman–Crippen LogP) is 4.12. The number of nitrogens with zero attached hydrogens (tertiary/aromatic N) is 2. The van der Waals surface area contributed by atoms with Gasteiger partial charge in [0.25, 0.3) is 5.56 Å². The van der Waals surface area contributed by atoms with Crippen LogP contribution in [0.4, 0.5) is 0 Å². The summed E-state index contributed by atoms with van der Waals surface area (Å²) in [4.78, 5) is 31.8. The lowest BCUT2D eigenvalue weighted by Crippen LogP contribution is -2.40. The lowest BCUT2D eigenvalue weighted by atomic mass is 9.94. The number of halogens is 2. The molecule has 0 N–H and O–H groups in total. The Balaban J connectivity index is 2.04. The minimum Gasteiger partial charge on any atom is -0.497 e. The minimum atomic E-state index is -0.840. The molecule has 10 heteroatoms. The monoisotopic (exact) mass is 532 g/mol. The topological polar surface area (TPSA) is 79.1 Å². The highest BCUT2D eigenvalue weighted by molar-refractivity contribution is 7.07. The smallest absolute Gasteiger partial charge is 0.338 e. The molecular formula is C25H22Cl2N2O5S. The highest BCUT2D eigenvalue weighted by Gasteiger charge is 2.35. The van der Waals surface area contributed by atoms with E-state index in [1.54, 1.807) is 63.4 Å². The molecule has 4 rings (SSSR count). The van der Waals surface area contributed by atoms with E-state index in [4.69, 9.17) is 37.4 Å². The van der Waals surface area contributed by atoms with Crippen molar-refractivity contribution in [2.24, 2.45) is 4.99 Å². The highest BCUT2D eigenvalue weighted by atomic mass is 35.5. The fourth-order valence-electron chi connectivity index (χ4n) is 3.91. The first-order valence-corrected chi connectivity index (χ1v) is 12.2. The SMILES string of the molecule is CCOC(=O)C1=C(C)N=c2sc(=Cc3cccc(Cl)c3Cl)c(=O)n2C1c1cc(OC)ccc1OC. The van der Waals surface area contributed by atoms with Crippen molar-refractivity contribution in [2.45, 2.75) is 19.9 Å². The van der Waals surface area contributed by atoms with Crippen LogP contribution < -0.4 is 24.4 Å². The maximum absolute atomic E-state index is 13.7. The number of carbonyl (C=O) groups is 1. The number of carbonyl (C=O) groups excluding carboxylic acids is 1. The van der Waals surface area contributed by atoms with Crippen LogP contribution in [0, 0.1) is 0 Å². The second-order valence-electron chi connectivity index (χ2n) is 7.55. The molecule has 1 aromatic heterocycles. The number of hydrogen-bond acceptors (Lipinski definition) is 7. The van der Waals surface area contributed by atoms with E-state index in [0.29, 0.717) is 47.7 Å². The summed E-state index contributed by atoms with van der Waals surface area (Å²) in [5, 5.41) is 0.724. The van der Waals surface area contributed by atoms with Gasteiger partial charge in [0.1, 0.15) is 17.5 Å². The summed E-state index contributed by atoms with van der Waals surface area (Å²) in [5.41, 5.74) is 1.53. The van der Waals surface area contributed by atoms with Crippen molar-refractivity contribution in [3.8, 4) is 11.5 Å². The fraction of sp³-hybridized carbons (Fsp3) is 0.240. The quantitative estimate of drug-likeness (QED) is 0.446. The van der Waals surface area contributed by atoms with Crippen molar-refractivity contribution < 1.29 is 19.0 Å². The molecule has 0 bridgehead atoms. The van der Waals surface area contributed by atoms with Gasteiger partial charge in [-0.25, -0.2) is 9.79 Å². The zero-order chi connectivity index (χ0) is 25.3. The molecule has 0 amide bonds. The molecule has 0 saturated carbocycles. The van der Waals surface area contributed by atoms with Crippen LogP contribution in [-0.4, -0.2) is 31.4 Å². The summed E-state index contributed by atoms with van der Waals surface area (Å²) in [6, 6.07) is 9.57. The third kappa shape index (κ3) is 4.61. The zero-order valence-corrected chi connectivity index (χ0v) is 21.8. The summed E-state index contributed by atoms with van der Waals surface area (Å²) < 4.78 is 18.2. The van der Waals surface area contributed by atoms with Gasteiger partial charge in [-0.1, -0.05) is 46.7 Å². The largest absolute Gasteiger partial charge is 0.497 e. The number of allylic oxidation sites excluding steroid dienone is 1. The van der Waals surface area contributed by atoms with Gasteiger partial charge in [0.05, 0.1) is 46.7 Å². The second-order valence-corrected chi connectivity index (χ2v) is 9.35. The summed E-state index contributed by atoms with van der Waals surface area (Å²) in [6.45, 7) is 3.62. The van der Waals surface area contributed by atoms with Gasteiger partial charge in [-0.2, -0.15) is 0 Å². The Morgan fingerprint density at radius 2 is 1.97 bits per heavy atom. The molecule has 0 fully saturated rings. The van der Waals surface area contributed by atoms with Crippen LogP contribution in [0.25, 0.3) is 6.08 Å². The molecule has 182 valence electrons. The van der Waals surface area contributed by atoms with Crippen molar-refractivity contribution in [2.75, 3.05) is 20.8 Å². The molecule has 35 heavy (non-hydrogen) atoms. The number of aromatic nitrogens is 1. The fourth-order valence-corrected chi connectivity index (χ4v) is 5.31. The molecule has 7 nitrogen and oxygen atoms in total. The van der Waals surface area contributed by atoms with E-state index in [1.165, 1.54) is 23.0 Å². The molecule has 1 aliphatic heterocycles. The van der Waals surface area contributed by atoms with E-state index >= 15 is 0 Å². The Morgan fingerprint density at radius 3 is 2.66 bits per heavy atom. The lowest BCUT2D eigenvalue weighted by molar-refractivity contribution is -0.139. The summed E-state index contributed by atoms with van der Waals surface area (Å²) >= 11 is 13.7. The molecule has 0 aliphatic carbocycles. The third-order valence-corrected chi connectivity index (χ3v) is 7.33. The van der Waals surface area contributed by atoms with Crippen LogP contribution in [0.3, 0.4) is 0 Å².